The van der Waals surface area contributed by atoms with Gasteiger partial charge < -0.3 is 10.1 Å². The Balaban J connectivity index is 1.44. The molecule has 1 aromatic carbocycles. The zero-order chi connectivity index (χ0) is 19.1. The fraction of sp³-hybridized carbons (Fsp3) is 0.176. The van der Waals surface area contributed by atoms with Crippen molar-refractivity contribution in [3.05, 3.63) is 53.2 Å². The number of nitrogens with one attached hydrogen (secondary N) is 1. The minimum atomic E-state index is -0.155. The molecule has 0 saturated carbocycles. The van der Waals surface area contributed by atoms with Crippen LogP contribution in [0.2, 0.25) is 5.02 Å². The number of methoxy groups -OCH3 is 1. The van der Waals surface area contributed by atoms with Gasteiger partial charge in [-0.2, -0.15) is 0 Å². The number of carbonyl (C=O) groups is 1. The van der Waals surface area contributed by atoms with E-state index in [1.54, 1.807) is 31.0 Å². The number of ether oxygens (including phenoxy) is 1. The number of carbonyl (C=O) groups excluding carboxylic acids is 1. The minimum Gasteiger partial charge on any atom is -0.497 e. The monoisotopic (exact) mass is 438 g/mol. The second-order valence-corrected chi connectivity index (χ2v) is 9.03. The average Bonchev–Trinajstić information content (AvgIpc) is 3.15. The first-order valence-electron chi connectivity index (χ1n) is 7.76. The predicted octanol–water partition coefficient (Wildman–Crippen LogP) is 4.62. The lowest BCUT2D eigenvalue weighted by atomic mass is 10.2. The standard InChI is InChI=1S/C17H15ClN4O2S3/c1-24-13-5-2-11(3-6-13)9-25-16-21-22-17(27-16)26-10-15(23)20-14-7-4-12(18)8-19-14/h2-8H,9-10H2,1H3,(H,19,20,23). The zero-order valence-corrected chi connectivity index (χ0v) is 17.4. The Morgan fingerprint density at radius 3 is 2.56 bits per heavy atom. The SMILES string of the molecule is COc1ccc(CSc2nnc(SCC(=O)Nc3ccc(Cl)cn3)s2)cc1. The summed E-state index contributed by atoms with van der Waals surface area (Å²) in [6.07, 6.45) is 1.49. The average molecular weight is 439 g/mol. The normalized spacial score (nSPS) is 10.6. The lowest BCUT2D eigenvalue weighted by Gasteiger charge is -2.02. The summed E-state index contributed by atoms with van der Waals surface area (Å²) in [4.78, 5) is 16.0. The van der Waals surface area contributed by atoms with Crippen molar-refractivity contribution in [3.63, 3.8) is 0 Å². The van der Waals surface area contributed by atoms with Crippen LogP contribution in [-0.2, 0) is 10.5 Å². The van der Waals surface area contributed by atoms with E-state index in [1.807, 2.05) is 24.3 Å². The number of nitrogens with zero attached hydrogens (tertiary/aromatic N) is 3. The minimum absolute atomic E-state index is 0.155. The van der Waals surface area contributed by atoms with Crippen LogP contribution in [0.3, 0.4) is 0 Å². The van der Waals surface area contributed by atoms with Crippen molar-refractivity contribution in [3.8, 4) is 5.75 Å². The molecule has 0 saturated heterocycles. The van der Waals surface area contributed by atoms with Gasteiger partial charge in [0.1, 0.15) is 11.6 Å². The summed E-state index contributed by atoms with van der Waals surface area (Å²) in [6, 6.07) is 11.3. The van der Waals surface area contributed by atoms with Crippen molar-refractivity contribution in [1.29, 1.82) is 0 Å². The third kappa shape index (κ3) is 6.39. The molecule has 0 fully saturated rings. The topological polar surface area (TPSA) is 77.0 Å². The molecule has 0 unspecified atom stereocenters. The highest BCUT2D eigenvalue weighted by Gasteiger charge is 2.10. The van der Waals surface area contributed by atoms with Crippen molar-refractivity contribution in [2.24, 2.45) is 0 Å². The molecule has 0 spiro atoms. The molecule has 0 aliphatic heterocycles. The van der Waals surface area contributed by atoms with Gasteiger partial charge in [0.2, 0.25) is 5.91 Å². The van der Waals surface area contributed by atoms with Gasteiger partial charge in [-0.3, -0.25) is 4.79 Å². The summed E-state index contributed by atoms with van der Waals surface area (Å²) in [5.74, 6) is 2.19. The number of hydrogen-bond acceptors (Lipinski definition) is 8. The molecule has 2 heterocycles. The Morgan fingerprint density at radius 1 is 1.15 bits per heavy atom. The Hall–Kier alpha value is -1.81. The smallest absolute Gasteiger partial charge is 0.235 e. The van der Waals surface area contributed by atoms with Crippen molar-refractivity contribution in [2.75, 3.05) is 18.2 Å². The van der Waals surface area contributed by atoms with Gasteiger partial charge >= 0.3 is 0 Å². The van der Waals surface area contributed by atoms with Crippen molar-refractivity contribution in [2.45, 2.75) is 14.4 Å². The van der Waals surface area contributed by atoms with Gasteiger partial charge in [-0.25, -0.2) is 4.98 Å². The fourth-order valence-corrected chi connectivity index (χ4v) is 4.82. The number of aromatic nitrogens is 3. The lowest BCUT2D eigenvalue weighted by molar-refractivity contribution is -0.113. The number of thioether (sulfide) groups is 2. The van der Waals surface area contributed by atoms with Crippen LogP contribution in [-0.4, -0.2) is 34.0 Å². The molecule has 6 nitrogen and oxygen atoms in total. The summed E-state index contributed by atoms with van der Waals surface area (Å²) in [5.41, 5.74) is 1.18. The van der Waals surface area contributed by atoms with E-state index in [9.17, 15) is 4.79 Å². The molecule has 0 aliphatic rings. The Bertz CT molecular complexity index is 888. The lowest BCUT2D eigenvalue weighted by Crippen LogP contribution is -2.14. The van der Waals surface area contributed by atoms with Crippen molar-refractivity contribution in [1.82, 2.24) is 15.2 Å². The first kappa shape index (κ1) is 19.9. The van der Waals surface area contributed by atoms with Crippen LogP contribution in [0.5, 0.6) is 5.75 Å². The van der Waals surface area contributed by atoms with E-state index < -0.39 is 0 Å². The van der Waals surface area contributed by atoms with Gasteiger partial charge in [0.05, 0.1) is 17.9 Å². The summed E-state index contributed by atoms with van der Waals surface area (Å²) < 4.78 is 6.78. The molecule has 1 N–H and O–H groups in total. The summed E-state index contributed by atoms with van der Waals surface area (Å²) >= 11 is 10.2. The van der Waals surface area contributed by atoms with E-state index in [0.717, 1.165) is 20.2 Å². The first-order chi connectivity index (χ1) is 13.1. The zero-order valence-electron chi connectivity index (χ0n) is 14.2. The molecule has 2 aromatic heterocycles. The van der Waals surface area contributed by atoms with Gasteiger partial charge in [0.25, 0.3) is 0 Å². The molecule has 0 aliphatic carbocycles. The van der Waals surface area contributed by atoms with E-state index in [1.165, 1.54) is 34.9 Å². The number of amides is 1. The highest BCUT2D eigenvalue weighted by atomic mass is 35.5. The second kappa shape index (κ2) is 9.93. The maximum absolute atomic E-state index is 12.0. The number of halogens is 1. The molecule has 1 amide bonds. The van der Waals surface area contributed by atoms with Crippen LogP contribution >= 0.6 is 46.5 Å². The molecule has 0 radical (unpaired) electrons. The van der Waals surface area contributed by atoms with Crippen molar-refractivity contribution >= 4 is 58.2 Å². The van der Waals surface area contributed by atoms with Gasteiger partial charge in [0, 0.05) is 11.9 Å². The molecule has 3 rings (SSSR count). The molecular formula is C17H15ClN4O2S3. The van der Waals surface area contributed by atoms with E-state index in [4.69, 9.17) is 16.3 Å². The molecule has 0 atom stereocenters. The number of rotatable bonds is 8. The van der Waals surface area contributed by atoms with Gasteiger partial charge in [-0.15, -0.1) is 10.2 Å². The summed E-state index contributed by atoms with van der Waals surface area (Å²) in [7, 11) is 1.65. The van der Waals surface area contributed by atoms with E-state index in [0.29, 0.717) is 10.8 Å². The molecule has 3 aromatic rings. The third-order valence-corrected chi connectivity index (χ3v) is 6.72. The quantitative estimate of drug-likeness (QED) is 0.514. The molecular weight excluding hydrogens is 424 g/mol. The van der Waals surface area contributed by atoms with Crippen LogP contribution in [0.1, 0.15) is 5.56 Å². The second-order valence-electron chi connectivity index (χ2n) is 5.17. The summed E-state index contributed by atoms with van der Waals surface area (Å²) in [5, 5.41) is 11.5. The van der Waals surface area contributed by atoms with E-state index >= 15 is 0 Å². The number of pyridine rings is 1. The molecule has 10 heteroatoms. The molecule has 27 heavy (non-hydrogen) atoms. The van der Waals surface area contributed by atoms with Crippen LogP contribution < -0.4 is 10.1 Å². The van der Waals surface area contributed by atoms with Gasteiger partial charge in [-0.1, -0.05) is 58.6 Å². The Kier molecular flexibility index (Phi) is 7.33. The number of benzene rings is 1. The van der Waals surface area contributed by atoms with Gasteiger partial charge in [-0.05, 0) is 29.8 Å². The maximum Gasteiger partial charge on any atom is 0.235 e. The van der Waals surface area contributed by atoms with Crippen LogP contribution in [0, 0.1) is 0 Å². The largest absolute Gasteiger partial charge is 0.497 e. The van der Waals surface area contributed by atoms with Crippen molar-refractivity contribution < 1.29 is 9.53 Å². The Morgan fingerprint density at radius 2 is 1.89 bits per heavy atom. The van der Waals surface area contributed by atoms with Crippen LogP contribution in [0.25, 0.3) is 0 Å². The van der Waals surface area contributed by atoms with E-state index in [-0.39, 0.29) is 11.7 Å². The van der Waals surface area contributed by atoms with E-state index in [2.05, 4.69) is 20.5 Å². The fourth-order valence-electron chi connectivity index (χ4n) is 1.94. The predicted molar refractivity (Wildman–Crippen MR) is 111 cm³/mol. The molecule has 0 bridgehead atoms. The highest BCUT2D eigenvalue weighted by molar-refractivity contribution is 8.03. The number of anilines is 1. The van der Waals surface area contributed by atoms with Crippen LogP contribution in [0.4, 0.5) is 5.82 Å². The number of hydrogen-bond donors (Lipinski definition) is 1. The first-order valence-corrected chi connectivity index (χ1v) is 10.9. The molecule has 140 valence electrons. The summed E-state index contributed by atoms with van der Waals surface area (Å²) in [6.45, 7) is 0. The highest BCUT2D eigenvalue weighted by Crippen LogP contribution is 2.31. The maximum atomic E-state index is 12.0. The third-order valence-electron chi connectivity index (χ3n) is 3.23. The van der Waals surface area contributed by atoms with Gasteiger partial charge in [0.15, 0.2) is 8.68 Å². The van der Waals surface area contributed by atoms with Crippen LogP contribution in [0.15, 0.2) is 51.3 Å². The Labute approximate surface area is 174 Å².